The SMILES string of the molecule is CCC(C)(O)CNCc1ccccc1OCC(=O)NC. The van der Waals surface area contributed by atoms with Crippen LogP contribution in [0.2, 0.25) is 0 Å². The Balaban J connectivity index is 2.55. The lowest BCUT2D eigenvalue weighted by atomic mass is 10.0. The zero-order chi connectivity index (χ0) is 15.0. The van der Waals surface area contributed by atoms with E-state index in [9.17, 15) is 9.90 Å². The molecule has 3 N–H and O–H groups in total. The van der Waals surface area contributed by atoms with Crippen molar-refractivity contribution in [2.24, 2.45) is 0 Å². The Labute approximate surface area is 120 Å². The van der Waals surface area contributed by atoms with Crippen molar-refractivity contribution in [2.75, 3.05) is 20.2 Å². The quantitative estimate of drug-likeness (QED) is 0.666. The van der Waals surface area contributed by atoms with Crippen LogP contribution in [-0.4, -0.2) is 36.8 Å². The maximum Gasteiger partial charge on any atom is 0.257 e. The molecule has 0 spiro atoms. The van der Waals surface area contributed by atoms with E-state index >= 15 is 0 Å². The van der Waals surface area contributed by atoms with Crippen molar-refractivity contribution in [3.05, 3.63) is 29.8 Å². The molecule has 1 atom stereocenters. The summed E-state index contributed by atoms with van der Waals surface area (Å²) in [5.41, 5.74) is 0.251. The van der Waals surface area contributed by atoms with E-state index in [1.807, 2.05) is 31.2 Å². The molecule has 0 aromatic heterocycles. The average molecular weight is 280 g/mol. The zero-order valence-electron chi connectivity index (χ0n) is 12.4. The first-order chi connectivity index (χ1) is 9.48. The number of likely N-dealkylation sites (N-methyl/N-ethyl adjacent to an activating group) is 1. The van der Waals surface area contributed by atoms with Crippen LogP contribution in [0, 0.1) is 0 Å². The highest BCUT2D eigenvalue weighted by atomic mass is 16.5. The van der Waals surface area contributed by atoms with Crippen LogP contribution in [0.3, 0.4) is 0 Å². The summed E-state index contributed by atoms with van der Waals surface area (Å²) in [5.74, 6) is 0.515. The highest BCUT2D eigenvalue weighted by molar-refractivity contribution is 5.77. The third-order valence-electron chi connectivity index (χ3n) is 3.19. The van der Waals surface area contributed by atoms with Crippen molar-refractivity contribution < 1.29 is 14.6 Å². The molecular weight excluding hydrogens is 256 g/mol. The number of carbonyl (C=O) groups excluding carboxylic acids is 1. The molecule has 1 amide bonds. The van der Waals surface area contributed by atoms with E-state index in [-0.39, 0.29) is 12.5 Å². The number of hydrogen-bond acceptors (Lipinski definition) is 4. The maximum atomic E-state index is 11.2. The van der Waals surface area contributed by atoms with E-state index in [0.717, 1.165) is 5.56 Å². The van der Waals surface area contributed by atoms with Gasteiger partial charge in [-0.25, -0.2) is 0 Å². The maximum absolute atomic E-state index is 11.2. The van der Waals surface area contributed by atoms with E-state index in [1.165, 1.54) is 0 Å². The molecule has 1 unspecified atom stereocenters. The smallest absolute Gasteiger partial charge is 0.257 e. The molecule has 0 saturated carbocycles. The van der Waals surface area contributed by atoms with Crippen LogP contribution >= 0.6 is 0 Å². The molecule has 0 aliphatic heterocycles. The fraction of sp³-hybridized carbons (Fsp3) is 0.533. The van der Waals surface area contributed by atoms with Gasteiger partial charge in [-0.05, 0) is 19.4 Å². The van der Waals surface area contributed by atoms with Gasteiger partial charge in [0.25, 0.3) is 5.91 Å². The zero-order valence-corrected chi connectivity index (χ0v) is 12.4. The van der Waals surface area contributed by atoms with Crippen molar-refractivity contribution in [1.29, 1.82) is 0 Å². The van der Waals surface area contributed by atoms with Crippen LogP contribution in [-0.2, 0) is 11.3 Å². The van der Waals surface area contributed by atoms with E-state index in [2.05, 4.69) is 10.6 Å². The molecule has 1 aromatic carbocycles. The number of hydrogen-bond donors (Lipinski definition) is 3. The number of amides is 1. The lowest BCUT2D eigenvalue weighted by Gasteiger charge is -2.22. The van der Waals surface area contributed by atoms with E-state index in [4.69, 9.17) is 4.74 Å². The van der Waals surface area contributed by atoms with Crippen molar-refractivity contribution in [3.8, 4) is 5.75 Å². The second-order valence-corrected chi connectivity index (χ2v) is 5.02. The van der Waals surface area contributed by atoms with Crippen molar-refractivity contribution in [3.63, 3.8) is 0 Å². The summed E-state index contributed by atoms with van der Waals surface area (Å²) in [5, 5.41) is 15.6. The van der Waals surface area contributed by atoms with Gasteiger partial charge in [0, 0.05) is 25.7 Å². The van der Waals surface area contributed by atoms with Gasteiger partial charge in [-0.1, -0.05) is 25.1 Å². The Morgan fingerprint density at radius 3 is 2.75 bits per heavy atom. The number of ether oxygens (including phenoxy) is 1. The lowest BCUT2D eigenvalue weighted by Crippen LogP contribution is -2.36. The molecule has 0 aliphatic rings. The Bertz CT molecular complexity index is 433. The van der Waals surface area contributed by atoms with Crippen LogP contribution in [0.1, 0.15) is 25.8 Å². The summed E-state index contributed by atoms with van der Waals surface area (Å²) < 4.78 is 5.48. The average Bonchev–Trinajstić information content (AvgIpc) is 2.45. The van der Waals surface area contributed by atoms with Crippen LogP contribution in [0.15, 0.2) is 24.3 Å². The molecule has 1 aromatic rings. The van der Waals surface area contributed by atoms with Gasteiger partial charge in [-0.15, -0.1) is 0 Å². The molecule has 0 radical (unpaired) electrons. The highest BCUT2D eigenvalue weighted by Gasteiger charge is 2.16. The summed E-state index contributed by atoms with van der Waals surface area (Å²) in [6.07, 6.45) is 0.689. The van der Waals surface area contributed by atoms with Gasteiger partial charge in [0.1, 0.15) is 5.75 Å². The Kier molecular flexibility index (Phi) is 6.48. The molecule has 1 rings (SSSR count). The van der Waals surface area contributed by atoms with Gasteiger partial charge < -0.3 is 20.5 Å². The lowest BCUT2D eigenvalue weighted by molar-refractivity contribution is -0.122. The largest absolute Gasteiger partial charge is 0.483 e. The van der Waals surface area contributed by atoms with Gasteiger partial charge in [0.2, 0.25) is 0 Å². The van der Waals surface area contributed by atoms with E-state index in [1.54, 1.807) is 14.0 Å². The number of aliphatic hydroxyl groups is 1. The number of rotatable bonds is 8. The summed E-state index contributed by atoms with van der Waals surface area (Å²) in [4.78, 5) is 11.2. The van der Waals surface area contributed by atoms with Gasteiger partial charge in [-0.3, -0.25) is 4.79 Å². The van der Waals surface area contributed by atoms with Crippen molar-refractivity contribution in [2.45, 2.75) is 32.4 Å². The standard InChI is InChI=1S/C15H24N2O3/c1-4-15(2,19)11-17-9-12-7-5-6-8-13(12)20-10-14(18)16-3/h5-8,17,19H,4,9-11H2,1-3H3,(H,16,18). The first-order valence-electron chi connectivity index (χ1n) is 6.83. The fourth-order valence-electron chi connectivity index (χ4n) is 1.60. The molecule has 5 nitrogen and oxygen atoms in total. The van der Waals surface area contributed by atoms with Crippen LogP contribution < -0.4 is 15.4 Å². The van der Waals surface area contributed by atoms with Crippen LogP contribution in [0.5, 0.6) is 5.75 Å². The van der Waals surface area contributed by atoms with E-state index < -0.39 is 5.60 Å². The Morgan fingerprint density at radius 1 is 1.40 bits per heavy atom. The molecule has 0 saturated heterocycles. The molecule has 5 heteroatoms. The van der Waals surface area contributed by atoms with Gasteiger partial charge in [0.05, 0.1) is 5.60 Å². The van der Waals surface area contributed by atoms with Crippen molar-refractivity contribution >= 4 is 5.91 Å². The Morgan fingerprint density at radius 2 is 2.10 bits per heavy atom. The number of nitrogens with one attached hydrogen (secondary N) is 2. The number of benzene rings is 1. The molecule has 0 aliphatic carbocycles. The first kappa shape index (κ1) is 16.5. The van der Waals surface area contributed by atoms with Crippen LogP contribution in [0.25, 0.3) is 0 Å². The minimum Gasteiger partial charge on any atom is -0.483 e. The van der Waals surface area contributed by atoms with Gasteiger partial charge >= 0.3 is 0 Å². The molecule has 0 heterocycles. The second-order valence-electron chi connectivity index (χ2n) is 5.02. The predicted octanol–water partition coefficient (Wildman–Crippen LogP) is 1.06. The minimum atomic E-state index is -0.710. The molecule has 112 valence electrons. The number of carbonyl (C=O) groups is 1. The minimum absolute atomic E-state index is 0.000187. The summed E-state index contributed by atoms with van der Waals surface area (Å²) in [6.45, 7) is 4.84. The van der Waals surface area contributed by atoms with Crippen molar-refractivity contribution in [1.82, 2.24) is 10.6 Å². The molecule has 20 heavy (non-hydrogen) atoms. The first-order valence-corrected chi connectivity index (χ1v) is 6.83. The van der Waals surface area contributed by atoms with E-state index in [0.29, 0.717) is 25.3 Å². The molecule has 0 fully saturated rings. The highest BCUT2D eigenvalue weighted by Crippen LogP contribution is 2.18. The molecular formula is C15H24N2O3. The second kappa shape index (κ2) is 7.87. The summed E-state index contributed by atoms with van der Waals surface area (Å²) >= 11 is 0. The molecule has 0 bridgehead atoms. The third-order valence-corrected chi connectivity index (χ3v) is 3.19. The predicted molar refractivity (Wildman–Crippen MR) is 78.6 cm³/mol. The Hall–Kier alpha value is -1.59. The number of para-hydroxylation sites is 1. The van der Waals surface area contributed by atoms with Gasteiger partial charge in [-0.2, -0.15) is 0 Å². The fourth-order valence-corrected chi connectivity index (χ4v) is 1.60. The summed E-state index contributed by atoms with van der Waals surface area (Å²) in [7, 11) is 1.58. The van der Waals surface area contributed by atoms with Gasteiger partial charge in [0.15, 0.2) is 6.61 Å². The monoisotopic (exact) mass is 280 g/mol. The van der Waals surface area contributed by atoms with Crippen LogP contribution in [0.4, 0.5) is 0 Å². The summed E-state index contributed by atoms with van der Waals surface area (Å²) in [6, 6.07) is 7.55. The third kappa shape index (κ3) is 5.59. The normalized spacial score (nSPS) is 13.6. The topological polar surface area (TPSA) is 70.6 Å².